The Kier molecular flexibility index (Phi) is 1.22. The number of hydroxylamine groups is 2. The number of nitrogens with one attached hydrogen (secondary N) is 1. The monoisotopic (exact) mass is 127 g/mol. The van der Waals surface area contributed by atoms with Crippen molar-refractivity contribution in [2.75, 3.05) is 19.6 Å². The number of hydrogen-bond donors (Lipinski definition) is 1. The lowest BCUT2D eigenvalue weighted by atomic mass is 10.1. The lowest BCUT2D eigenvalue weighted by Crippen LogP contribution is -2.27. The highest BCUT2D eigenvalue weighted by atomic mass is 16.5. The Bertz CT molecular complexity index is 106. The van der Waals surface area contributed by atoms with Crippen LogP contribution in [-0.4, -0.2) is 30.7 Å². The first-order valence-electron chi connectivity index (χ1n) is 3.52. The van der Waals surface area contributed by atoms with Crippen LogP contribution in [0.25, 0.3) is 0 Å². The maximum absolute atomic E-state index is 10.7. The van der Waals surface area contributed by atoms with Crippen molar-refractivity contribution < 1.29 is 0 Å². The summed E-state index contributed by atoms with van der Waals surface area (Å²) >= 11 is 0. The quantitative estimate of drug-likeness (QED) is 0.489. The molecule has 0 aromatic rings. The Morgan fingerprint density at radius 3 is 3.11 bits per heavy atom. The molecule has 0 bridgehead atoms. The van der Waals surface area contributed by atoms with Crippen molar-refractivity contribution in [3.8, 4) is 0 Å². The molecule has 0 spiro atoms. The minimum absolute atomic E-state index is 0.516. The van der Waals surface area contributed by atoms with Crippen molar-refractivity contribution in [2.24, 2.45) is 5.92 Å². The van der Waals surface area contributed by atoms with Gasteiger partial charge < -0.3 is 15.6 Å². The van der Waals surface area contributed by atoms with Crippen LogP contribution in [0.15, 0.2) is 0 Å². The molecule has 0 radical (unpaired) electrons. The van der Waals surface area contributed by atoms with Crippen LogP contribution in [-0.2, 0) is 0 Å². The molecule has 1 N–H and O–H groups in total. The zero-order valence-corrected chi connectivity index (χ0v) is 5.34. The predicted octanol–water partition coefficient (Wildman–Crippen LogP) is -0.222. The van der Waals surface area contributed by atoms with Gasteiger partial charge in [0.05, 0.1) is 0 Å². The summed E-state index contributed by atoms with van der Waals surface area (Å²) in [4.78, 5) is 0. The van der Waals surface area contributed by atoms with Crippen molar-refractivity contribution in [1.82, 2.24) is 10.4 Å². The number of nitrogens with zero attached hydrogens (tertiary/aromatic N) is 1. The number of rotatable bonds is 0. The van der Waals surface area contributed by atoms with E-state index in [0.29, 0.717) is 18.5 Å². The zero-order chi connectivity index (χ0) is 6.27. The normalized spacial score (nSPS) is 43.7. The third kappa shape index (κ3) is 0.852. The van der Waals surface area contributed by atoms with Gasteiger partial charge in [-0.1, -0.05) is 0 Å². The van der Waals surface area contributed by atoms with Crippen LogP contribution in [0, 0.1) is 11.1 Å². The van der Waals surface area contributed by atoms with Crippen LogP contribution in [0.1, 0.15) is 6.42 Å². The van der Waals surface area contributed by atoms with E-state index in [0.717, 1.165) is 13.1 Å². The fourth-order valence-electron chi connectivity index (χ4n) is 1.81. The maximum atomic E-state index is 10.7. The Hall–Kier alpha value is -0.120. The predicted molar refractivity (Wildman–Crippen MR) is 34.8 cm³/mol. The van der Waals surface area contributed by atoms with Gasteiger partial charge in [-0.05, 0) is 25.4 Å². The first-order valence-corrected chi connectivity index (χ1v) is 3.52. The summed E-state index contributed by atoms with van der Waals surface area (Å²) in [5.41, 5.74) is 0. The second kappa shape index (κ2) is 1.94. The van der Waals surface area contributed by atoms with E-state index in [-0.39, 0.29) is 0 Å². The molecule has 52 valence electrons. The van der Waals surface area contributed by atoms with E-state index in [9.17, 15) is 5.21 Å². The SMILES string of the molecule is [O-]N1CC2CCNC2C1. The highest BCUT2D eigenvalue weighted by Gasteiger charge is 2.31. The molecular weight excluding hydrogens is 116 g/mol. The van der Waals surface area contributed by atoms with Crippen LogP contribution in [0.3, 0.4) is 0 Å². The molecule has 0 saturated carbocycles. The van der Waals surface area contributed by atoms with Crippen molar-refractivity contribution >= 4 is 0 Å². The van der Waals surface area contributed by atoms with Crippen molar-refractivity contribution in [2.45, 2.75) is 12.5 Å². The molecule has 0 aromatic carbocycles. The summed E-state index contributed by atoms with van der Waals surface area (Å²) in [7, 11) is 0. The van der Waals surface area contributed by atoms with Gasteiger partial charge in [0.15, 0.2) is 0 Å². The van der Waals surface area contributed by atoms with Crippen molar-refractivity contribution in [3.05, 3.63) is 5.21 Å². The smallest absolute Gasteiger partial charge is 0.0226 e. The van der Waals surface area contributed by atoms with E-state index in [1.807, 2.05) is 0 Å². The average Bonchev–Trinajstić information content (AvgIpc) is 2.22. The average molecular weight is 127 g/mol. The standard InChI is InChI=1S/C6H11N2O/c9-8-3-5-1-2-7-6(5)4-8/h5-7H,1-4H2/q-1. The number of hydrogen-bond acceptors (Lipinski definition) is 3. The Morgan fingerprint density at radius 1 is 1.44 bits per heavy atom. The van der Waals surface area contributed by atoms with Crippen molar-refractivity contribution in [1.29, 1.82) is 0 Å². The first kappa shape index (κ1) is 5.65. The fourth-order valence-corrected chi connectivity index (χ4v) is 1.81. The lowest BCUT2D eigenvalue weighted by molar-refractivity contribution is 0.428. The Morgan fingerprint density at radius 2 is 2.33 bits per heavy atom. The van der Waals surface area contributed by atoms with E-state index < -0.39 is 0 Å². The van der Waals surface area contributed by atoms with Crippen molar-refractivity contribution in [3.63, 3.8) is 0 Å². The molecule has 0 aliphatic carbocycles. The first-order chi connectivity index (χ1) is 4.36. The van der Waals surface area contributed by atoms with Gasteiger partial charge >= 0.3 is 0 Å². The molecule has 2 saturated heterocycles. The minimum atomic E-state index is 0.516. The minimum Gasteiger partial charge on any atom is -0.785 e. The number of fused-ring (bicyclic) bond motifs is 1. The summed E-state index contributed by atoms with van der Waals surface area (Å²) in [6.07, 6.45) is 1.20. The molecule has 0 aromatic heterocycles. The fraction of sp³-hybridized carbons (Fsp3) is 1.00. The molecule has 2 aliphatic rings. The van der Waals surface area contributed by atoms with Gasteiger partial charge in [0.25, 0.3) is 0 Å². The molecule has 2 atom stereocenters. The molecule has 2 unspecified atom stereocenters. The van der Waals surface area contributed by atoms with Gasteiger partial charge in [-0.3, -0.25) is 0 Å². The molecule has 0 amide bonds. The molecule has 2 rings (SSSR count). The van der Waals surface area contributed by atoms with E-state index in [1.54, 1.807) is 0 Å². The third-order valence-electron chi connectivity index (χ3n) is 2.33. The van der Waals surface area contributed by atoms with E-state index in [4.69, 9.17) is 0 Å². The van der Waals surface area contributed by atoms with Crippen LogP contribution >= 0.6 is 0 Å². The second-order valence-electron chi connectivity index (χ2n) is 2.96. The maximum Gasteiger partial charge on any atom is 0.0226 e. The molecule has 3 heteroatoms. The molecule has 2 aliphatic heterocycles. The molecule has 3 nitrogen and oxygen atoms in total. The van der Waals surface area contributed by atoms with Gasteiger partial charge in [-0.2, -0.15) is 0 Å². The van der Waals surface area contributed by atoms with Gasteiger partial charge in [-0.15, -0.1) is 0 Å². The van der Waals surface area contributed by atoms with Gasteiger partial charge in [0.1, 0.15) is 0 Å². The lowest BCUT2D eigenvalue weighted by Gasteiger charge is -2.21. The van der Waals surface area contributed by atoms with E-state index >= 15 is 0 Å². The largest absolute Gasteiger partial charge is 0.785 e. The van der Waals surface area contributed by atoms with Gasteiger partial charge in [0, 0.05) is 12.6 Å². The van der Waals surface area contributed by atoms with E-state index in [2.05, 4.69) is 5.32 Å². The van der Waals surface area contributed by atoms with Crippen LogP contribution in [0.4, 0.5) is 0 Å². The summed E-state index contributed by atoms with van der Waals surface area (Å²) in [6.45, 7) is 2.59. The van der Waals surface area contributed by atoms with Gasteiger partial charge in [-0.25, -0.2) is 0 Å². The topological polar surface area (TPSA) is 38.3 Å². The molecule has 2 heterocycles. The van der Waals surface area contributed by atoms with Gasteiger partial charge in [0.2, 0.25) is 0 Å². The summed E-state index contributed by atoms with van der Waals surface area (Å²) < 4.78 is 0. The second-order valence-corrected chi connectivity index (χ2v) is 2.96. The Balaban J connectivity index is 2.02. The summed E-state index contributed by atoms with van der Waals surface area (Å²) in [6, 6.07) is 0.516. The highest BCUT2D eigenvalue weighted by Crippen LogP contribution is 2.23. The summed E-state index contributed by atoms with van der Waals surface area (Å²) in [5.74, 6) is 0.655. The molecule has 2 fully saturated rings. The van der Waals surface area contributed by atoms with Crippen LogP contribution in [0.2, 0.25) is 0 Å². The Labute approximate surface area is 54.6 Å². The molecule has 9 heavy (non-hydrogen) atoms. The summed E-state index contributed by atoms with van der Waals surface area (Å²) in [5, 5.41) is 15.2. The van der Waals surface area contributed by atoms with Crippen LogP contribution in [0.5, 0.6) is 0 Å². The molecular formula is C6H11N2O-. The zero-order valence-electron chi connectivity index (χ0n) is 5.34. The highest BCUT2D eigenvalue weighted by molar-refractivity contribution is 4.93. The third-order valence-corrected chi connectivity index (χ3v) is 2.33. The van der Waals surface area contributed by atoms with E-state index in [1.165, 1.54) is 11.5 Å². The van der Waals surface area contributed by atoms with Crippen LogP contribution < -0.4 is 5.32 Å².